The predicted octanol–water partition coefficient (Wildman–Crippen LogP) is 1.81. The second kappa shape index (κ2) is 4.30. The SMILES string of the molecule is CCOC(=O)[C@@H]1CCCN1C(C)(C)C. The third kappa shape index (κ3) is 2.47. The average Bonchev–Trinajstić information content (AvgIpc) is 2.50. The van der Waals surface area contributed by atoms with Crippen molar-refractivity contribution >= 4 is 5.97 Å². The van der Waals surface area contributed by atoms with E-state index in [2.05, 4.69) is 25.7 Å². The first-order valence-corrected chi connectivity index (χ1v) is 5.40. The topological polar surface area (TPSA) is 29.5 Å². The number of esters is 1. The number of rotatable bonds is 2. The van der Waals surface area contributed by atoms with Gasteiger partial charge in [-0.1, -0.05) is 0 Å². The molecule has 1 aliphatic heterocycles. The van der Waals surface area contributed by atoms with Gasteiger partial charge in [0.15, 0.2) is 0 Å². The molecule has 1 fully saturated rings. The minimum absolute atomic E-state index is 0.0186. The van der Waals surface area contributed by atoms with Gasteiger partial charge in [0, 0.05) is 5.54 Å². The molecule has 1 heterocycles. The van der Waals surface area contributed by atoms with Crippen molar-refractivity contribution in [3.63, 3.8) is 0 Å². The van der Waals surface area contributed by atoms with Crippen molar-refractivity contribution in [2.24, 2.45) is 0 Å². The molecule has 0 N–H and O–H groups in total. The normalized spacial score (nSPS) is 23.9. The van der Waals surface area contributed by atoms with Crippen molar-refractivity contribution in [1.29, 1.82) is 0 Å². The van der Waals surface area contributed by atoms with E-state index in [4.69, 9.17) is 4.74 Å². The van der Waals surface area contributed by atoms with E-state index in [-0.39, 0.29) is 17.6 Å². The molecule has 0 aromatic rings. The summed E-state index contributed by atoms with van der Waals surface area (Å²) < 4.78 is 5.07. The number of nitrogens with zero attached hydrogens (tertiary/aromatic N) is 1. The molecule has 1 aliphatic rings. The quantitative estimate of drug-likeness (QED) is 0.635. The smallest absolute Gasteiger partial charge is 0.323 e. The molecule has 0 aliphatic carbocycles. The summed E-state index contributed by atoms with van der Waals surface area (Å²) in [4.78, 5) is 13.9. The summed E-state index contributed by atoms with van der Waals surface area (Å²) >= 11 is 0. The summed E-state index contributed by atoms with van der Waals surface area (Å²) in [6.45, 7) is 9.77. The van der Waals surface area contributed by atoms with E-state index >= 15 is 0 Å². The third-order valence-electron chi connectivity index (χ3n) is 2.67. The number of hydrogen-bond donors (Lipinski definition) is 0. The summed E-state index contributed by atoms with van der Waals surface area (Å²) in [6, 6.07) is -0.0186. The Balaban J connectivity index is 2.64. The van der Waals surface area contributed by atoms with Gasteiger partial charge >= 0.3 is 5.97 Å². The van der Waals surface area contributed by atoms with Gasteiger partial charge in [0.05, 0.1) is 6.61 Å². The highest BCUT2D eigenvalue weighted by atomic mass is 16.5. The highest BCUT2D eigenvalue weighted by molar-refractivity contribution is 5.76. The van der Waals surface area contributed by atoms with Crippen LogP contribution in [0.3, 0.4) is 0 Å². The van der Waals surface area contributed by atoms with Crippen LogP contribution in [0, 0.1) is 0 Å². The van der Waals surface area contributed by atoms with E-state index in [0.29, 0.717) is 6.61 Å². The zero-order chi connectivity index (χ0) is 10.8. The zero-order valence-electron chi connectivity index (χ0n) is 9.67. The molecule has 3 nitrogen and oxygen atoms in total. The number of hydrogen-bond acceptors (Lipinski definition) is 3. The maximum Gasteiger partial charge on any atom is 0.323 e. The number of likely N-dealkylation sites (tertiary alicyclic amines) is 1. The molecule has 0 bridgehead atoms. The molecular formula is C11H21NO2. The molecular weight excluding hydrogens is 178 g/mol. The second-order valence-electron chi connectivity index (χ2n) is 4.77. The number of carbonyl (C=O) groups excluding carboxylic acids is 1. The van der Waals surface area contributed by atoms with Crippen LogP contribution in [0.25, 0.3) is 0 Å². The molecule has 1 saturated heterocycles. The van der Waals surface area contributed by atoms with E-state index in [0.717, 1.165) is 19.4 Å². The lowest BCUT2D eigenvalue weighted by Crippen LogP contribution is -2.48. The minimum atomic E-state index is -0.0556. The van der Waals surface area contributed by atoms with Gasteiger partial charge in [0.2, 0.25) is 0 Å². The van der Waals surface area contributed by atoms with E-state index in [9.17, 15) is 4.79 Å². The van der Waals surface area contributed by atoms with Gasteiger partial charge in [-0.3, -0.25) is 9.69 Å². The van der Waals surface area contributed by atoms with Crippen molar-refractivity contribution in [3.8, 4) is 0 Å². The van der Waals surface area contributed by atoms with Gasteiger partial charge in [-0.2, -0.15) is 0 Å². The van der Waals surface area contributed by atoms with Crippen LogP contribution in [-0.4, -0.2) is 35.6 Å². The third-order valence-corrected chi connectivity index (χ3v) is 2.67. The van der Waals surface area contributed by atoms with Crippen molar-refractivity contribution < 1.29 is 9.53 Å². The molecule has 0 saturated carbocycles. The van der Waals surface area contributed by atoms with Crippen LogP contribution in [0.4, 0.5) is 0 Å². The fourth-order valence-corrected chi connectivity index (χ4v) is 2.05. The van der Waals surface area contributed by atoms with Gasteiger partial charge in [-0.15, -0.1) is 0 Å². The standard InChI is InChI=1S/C11H21NO2/c1-5-14-10(13)9-7-6-8-12(9)11(2,3)4/h9H,5-8H2,1-4H3/t9-/m0/s1. The first-order valence-electron chi connectivity index (χ1n) is 5.40. The molecule has 0 aromatic heterocycles. The first kappa shape index (κ1) is 11.5. The largest absolute Gasteiger partial charge is 0.465 e. The number of ether oxygens (including phenoxy) is 1. The van der Waals surface area contributed by atoms with Crippen LogP contribution in [0.15, 0.2) is 0 Å². The van der Waals surface area contributed by atoms with Crippen LogP contribution in [-0.2, 0) is 9.53 Å². The van der Waals surface area contributed by atoms with Crippen molar-refractivity contribution in [2.75, 3.05) is 13.2 Å². The first-order chi connectivity index (χ1) is 6.46. The van der Waals surface area contributed by atoms with Crippen LogP contribution < -0.4 is 0 Å². The Morgan fingerprint density at radius 2 is 2.14 bits per heavy atom. The lowest BCUT2D eigenvalue weighted by Gasteiger charge is -2.35. The van der Waals surface area contributed by atoms with Crippen molar-refractivity contribution in [1.82, 2.24) is 4.90 Å². The summed E-state index contributed by atoms with van der Waals surface area (Å²) in [5.74, 6) is -0.0556. The van der Waals surface area contributed by atoms with E-state index in [1.54, 1.807) is 0 Å². The lowest BCUT2D eigenvalue weighted by atomic mass is 10.0. The molecule has 14 heavy (non-hydrogen) atoms. The Labute approximate surface area is 86.4 Å². The van der Waals surface area contributed by atoms with Crippen LogP contribution in [0.1, 0.15) is 40.5 Å². The van der Waals surface area contributed by atoms with Crippen molar-refractivity contribution in [2.45, 2.75) is 52.1 Å². The molecule has 0 spiro atoms. The van der Waals surface area contributed by atoms with Gasteiger partial charge in [0.1, 0.15) is 6.04 Å². The monoisotopic (exact) mass is 199 g/mol. The van der Waals surface area contributed by atoms with Crippen LogP contribution >= 0.6 is 0 Å². The molecule has 0 amide bonds. The molecule has 1 rings (SSSR count). The van der Waals surface area contributed by atoms with Gasteiger partial charge in [-0.05, 0) is 47.1 Å². The Bertz CT molecular complexity index is 208. The highest BCUT2D eigenvalue weighted by Crippen LogP contribution is 2.26. The Hall–Kier alpha value is -0.570. The Kier molecular flexibility index (Phi) is 3.53. The second-order valence-corrected chi connectivity index (χ2v) is 4.77. The summed E-state index contributed by atoms with van der Waals surface area (Å²) in [5, 5.41) is 0. The van der Waals surface area contributed by atoms with Crippen LogP contribution in [0.2, 0.25) is 0 Å². The Morgan fingerprint density at radius 1 is 1.50 bits per heavy atom. The maximum absolute atomic E-state index is 11.6. The Morgan fingerprint density at radius 3 is 2.64 bits per heavy atom. The number of carbonyl (C=O) groups is 1. The lowest BCUT2D eigenvalue weighted by molar-refractivity contribution is -0.150. The van der Waals surface area contributed by atoms with Gasteiger partial charge in [-0.25, -0.2) is 0 Å². The summed E-state index contributed by atoms with van der Waals surface area (Å²) in [7, 11) is 0. The van der Waals surface area contributed by atoms with E-state index in [1.807, 2.05) is 6.92 Å². The summed E-state index contributed by atoms with van der Waals surface area (Å²) in [6.07, 6.45) is 2.04. The minimum Gasteiger partial charge on any atom is -0.465 e. The molecule has 3 heteroatoms. The molecule has 0 aromatic carbocycles. The average molecular weight is 199 g/mol. The van der Waals surface area contributed by atoms with E-state index < -0.39 is 0 Å². The highest BCUT2D eigenvalue weighted by Gasteiger charge is 2.37. The molecule has 0 radical (unpaired) electrons. The predicted molar refractivity (Wildman–Crippen MR) is 56.1 cm³/mol. The van der Waals surface area contributed by atoms with Crippen molar-refractivity contribution in [3.05, 3.63) is 0 Å². The van der Waals surface area contributed by atoms with Gasteiger partial charge < -0.3 is 4.74 Å². The zero-order valence-corrected chi connectivity index (χ0v) is 9.67. The van der Waals surface area contributed by atoms with Crippen LogP contribution in [0.5, 0.6) is 0 Å². The molecule has 0 unspecified atom stereocenters. The fourth-order valence-electron chi connectivity index (χ4n) is 2.05. The molecule has 82 valence electrons. The van der Waals surface area contributed by atoms with Gasteiger partial charge in [0.25, 0.3) is 0 Å². The summed E-state index contributed by atoms with van der Waals surface area (Å²) in [5.41, 5.74) is 0.0634. The van der Waals surface area contributed by atoms with E-state index in [1.165, 1.54) is 0 Å². The fraction of sp³-hybridized carbons (Fsp3) is 0.909. The maximum atomic E-state index is 11.6. The molecule has 1 atom stereocenters.